The second-order valence-corrected chi connectivity index (χ2v) is 3.28. The van der Waals surface area contributed by atoms with Gasteiger partial charge in [-0.3, -0.25) is 9.98 Å². The molecule has 62 valence electrons. The standard InChI is InChI=1S/C11H8N2/c1-7-6-13-9-3-2-8-4-5-12-11(8)10(7)9/h2-6H,1H3. The molecule has 0 unspecified atom stereocenters. The van der Waals surface area contributed by atoms with Crippen LogP contribution in [0.5, 0.6) is 0 Å². The van der Waals surface area contributed by atoms with E-state index in [1.54, 1.807) is 0 Å². The van der Waals surface area contributed by atoms with Crippen LogP contribution in [0.25, 0.3) is 11.6 Å². The van der Waals surface area contributed by atoms with Gasteiger partial charge in [-0.25, -0.2) is 0 Å². The van der Waals surface area contributed by atoms with Crippen molar-refractivity contribution in [2.45, 2.75) is 6.92 Å². The van der Waals surface area contributed by atoms with Crippen LogP contribution in [-0.2, 0) is 0 Å². The molecular formula is C11H8N2. The Morgan fingerprint density at radius 1 is 1.23 bits per heavy atom. The molecule has 0 bridgehead atoms. The fourth-order valence-electron chi connectivity index (χ4n) is 1.79. The zero-order chi connectivity index (χ0) is 8.84. The quantitative estimate of drug-likeness (QED) is 0.555. The first-order valence-electron chi connectivity index (χ1n) is 4.28. The van der Waals surface area contributed by atoms with Crippen molar-refractivity contribution in [1.82, 2.24) is 0 Å². The van der Waals surface area contributed by atoms with Gasteiger partial charge in [0.2, 0.25) is 0 Å². The maximum atomic E-state index is 4.34. The van der Waals surface area contributed by atoms with Crippen molar-refractivity contribution in [2.75, 3.05) is 0 Å². The lowest BCUT2D eigenvalue weighted by atomic mass is 10.1. The molecule has 0 aliphatic carbocycles. The van der Waals surface area contributed by atoms with Crippen LogP contribution in [0, 0.1) is 0 Å². The molecule has 2 heteroatoms. The van der Waals surface area contributed by atoms with Gasteiger partial charge in [-0.2, -0.15) is 0 Å². The summed E-state index contributed by atoms with van der Waals surface area (Å²) in [5, 5.41) is 2.24. The maximum Gasteiger partial charge on any atom is 0.0799 e. The number of fused-ring (bicyclic) bond motifs is 3. The van der Waals surface area contributed by atoms with E-state index in [0.717, 1.165) is 11.0 Å². The summed E-state index contributed by atoms with van der Waals surface area (Å²) < 4.78 is 0. The van der Waals surface area contributed by atoms with E-state index in [2.05, 4.69) is 23.0 Å². The van der Waals surface area contributed by atoms with Crippen molar-refractivity contribution in [1.29, 1.82) is 0 Å². The summed E-state index contributed by atoms with van der Waals surface area (Å²) in [6.07, 6.45) is 5.77. The Morgan fingerprint density at radius 3 is 3.08 bits per heavy atom. The van der Waals surface area contributed by atoms with Crippen molar-refractivity contribution < 1.29 is 0 Å². The third-order valence-electron chi connectivity index (χ3n) is 2.44. The van der Waals surface area contributed by atoms with Gasteiger partial charge in [-0.1, -0.05) is 6.07 Å². The monoisotopic (exact) mass is 168 g/mol. The lowest BCUT2D eigenvalue weighted by Crippen LogP contribution is -2.11. The van der Waals surface area contributed by atoms with E-state index in [4.69, 9.17) is 0 Å². The molecule has 13 heavy (non-hydrogen) atoms. The van der Waals surface area contributed by atoms with E-state index < -0.39 is 0 Å². The highest BCUT2D eigenvalue weighted by atomic mass is 14.8. The first kappa shape index (κ1) is 6.78. The van der Waals surface area contributed by atoms with Gasteiger partial charge in [0, 0.05) is 23.2 Å². The summed E-state index contributed by atoms with van der Waals surface area (Å²) in [5.74, 6) is 0. The molecule has 1 aromatic rings. The van der Waals surface area contributed by atoms with Crippen LogP contribution in [0.1, 0.15) is 12.5 Å². The van der Waals surface area contributed by atoms with Gasteiger partial charge < -0.3 is 0 Å². The first-order chi connectivity index (χ1) is 6.36. The minimum atomic E-state index is 1.05. The Morgan fingerprint density at radius 2 is 2.15 bits per heavy atom. The highest BCUT2D eigenvalue weighted by molar-refractivity contribution is 5.98. The SMILES string of the molecule is CC1=CN=c2ccc3c(c21)N=CC=3. The fourth-order valence-corrected chi connectivity index (χ4v) is 1.79. The van der Waals surface area contributed by atoms with Crippen LogP contribution in [0.2, 0.25) is 0 Å². The van der Waals surface area contributed by atoms with Crippen molar-refractivity contribution in [3.63, 3.8) is 0 Å². The molecule has 0 saturated carbocycles. The number of allylic oxidation sites excluding steroid dienone is 1. The summed E-state index contributed by atoms with van der Waals surface area (Å²) in [5.41, 5.74) is 3.48. The Bertz CT molecular complexity index is 562. The minimum absolute atomic E-state index is 1.05. The molecule has 2 nitrogen and oxygen atoms in total. The van der Waals surface area contributed by atoms with Gasteiger partial charge in [0.25, 0.3) is 0 Å². The molecule has 0 radical (unpaired) electrons. The van der Waals surface area contributed by atoms with Crippen molar-refractivity contribution in [2.24, 2.45) is 9.98 Å². The summed E-state index contributed by atoms with van der Waals surface area (Å²) in [6, 6.07) is 4.11. The largest absolute Gasteiger partial charge is 0.256 e. The molecule has 0 spiro atoms. The van der Waals surface area contributed by atoms with E-state index >= 15 is 0 Å². The number of hydrogen-bond donors (Lipinski definition) is 0. The molecular weight excluding hydrogens is 160 g/mol. The minimum Gasteiger partial charge on any atom is -0.256 e. The molecule has 2 aliphatic heterocycles. The Balaban J connectivity index is 2.53. The second kappa shape index (κ2) is 2.16. The molecule has 2 aliphatic rings. The van der Waals surface area contributed by atoms with Crippen molar-refractivity contribution in [3.05, 3.63) is 34.5 Å². The van der Waals surface area contributed by atoms with E-state index in [9.17, 15) is 0 Å². The van der Waals surface area contributed by atoms with E-state index in [0.29, 0.717) is 0 Å². The van der Waals surface area contributed by atoms with Gasteiger partial charge >= 0.3 is 0 Å². The van der Waals surface area contributed by atoms with E-state index in [1.165, 1.54) is 16.4 Å². The zero-order valence-corrected chi connectivity index (χ0v) is 7.28. The summed E-state index contributed by atoms with van der Waals surface area (Å²) in [4.78, 5) is 8.65. The normalized spacial score (nSPS) is 15.9. The smallest absolute Gasteiger partial charge is 0.0799 e. The predicted octanol–water partition coefficient (Wildman–Crippen LogP) is 1.18. The van der Waals surface area contributed by atoms with Crippen LogP contribution < -0.4 is 10.6 Å². The summed E-state index contributed by atoms with van der Waals surface area (Å²) >= 11 is 0. The molecule has 3 rings (SSSR count). The van der Waals surface area contributed by atoms with Crippen LogP contribution in [0.3, 0.4) is 0 Å². The van der Waals surface area contributed by atoms with Crippen molar-refractivity contribution in [3.8, 4) is 0 Å². The highest BCUT2D eigenvalue weighted by Gasteiger charge is 2.12. The van der Waals surface area contributed by atoms with E-state index in [-0.39, 0.29) is 0 Å². The molecule has 1 aromatic carbocycles. The maximum absolute atomic E-state index is 4.34. The van der Waals surface area contributed by atoms with Crippen LogP contribution >= 0.6 is 0 Å². The summed E-state index contributed by atoms with van der Waals surface area (Å²) in [7, 11) is 0. The van der Waals surface area contributed by atoms with Crippen LogP contribution in [-0.4, -0.2) is 6.21 Å². The Hall–Kier alpha value is -1.70. The number of hydrogen-bond acceptors (Lipinski definition) is 2. The van der Waals surface area contributed by atoms with Gasteiger partial charge in [0.05, 0.1) is 11.0 Å². The van der Waals surface area contributed by atoms with Crippen LogP contribution in [0.4, 0.5) is 5.69 Å². The predicted molar refractivity (Wildman–Crippen MR) is 53.5 cm³/mol. The molecule has 0 saturated heterocycles. The van der Waals surface area contributed by atoms with E-state index in [1.807, 2.05) is 24.6 Å². The lowest BCUT2D eigenvalue weighted by molar-refractivity contribution is 1.35. The van der Waals surface area contributed by atoms with Gasteiger partial charge in [0.1, 0.15) is 0 Å². The molecule has 0 N–H and O–H groups in total. The Kier molecular flexibility index (Phi) is 1.13. The van der Waals surface area contributed by atoms with Crippen molar-refractivity contribution >= 4 is 23.6 Å². The lowest BCUT2D eigenvalue weighted by Gasteiger charge is -1.99. The summed E-state index contributed by atoms with van der Waals surface area (Å²) in [6.45, 7) is 2.07. The number of rotatable bonds is 0. The third-order valence-corrected chi connectivity index (χ3v) is 2.44. The average molecular weight is 168 g/mol. The Labute approximate surface area is 75.7 Å². The molecule has 0 fully saturated rings. The molecule has 2 heterocycles. The molecule has 0 atom stereocenters. The van der Waals surface area contributed by atoms with Gasteiger partial charge in [-0.15, -0.1) is 0 Å². The highest BCUT2D eigenvalue weighted by Crippen LogP contribution is 2.23. The molecule has 0 amide bonds. The fraction of sp³-hybridized carbons (Fsp3) is 0.0909. The van der Waals surface area contributed by atoms with Gasteiger partial charge in [0.15, 0.2) is 0 Å². The zero-order valence-electron chi connectivity index (χ0n) is 7.28. The average Bonchev–Trinajstić information content (AvgIpc) is 2.70. The third kappa shape index (κ3) is 0.773. The topological polar surface area (TPSA) is 24.7 Å². The van der Waals surface area contributed by atoms with Gasteiger partial charge in [-0.05, 0) is 24.6 Å². The number of aliphatic imine (C=N–C) groups is 1. The first-order valence-corrected chi connectivity index (χ1v) is 4.28. The molecule has 0 aromatic heterocycles. The van der Waals surface area contributed by atoms with Crippen LogP contribution in [0.15, 0.2) is 28.3 Å². The number of benzene rings is 1. The number of nitrogens with zero attached hydrogens (tertiary/aromatic N) is 2. The second-order valence-electron chi connectivity index (χ2n) is 3.28.